The van der Waals surface area contributed by atoms with Gasteiger partial charge >= 0.3 is 6.18 Å². The topological polar surface area (TPSA) is 49.4 Å². The first-order valence-electron chi connectivity index (χ1n) is 7.48. The van der Waals surface area contributed by atoms with Crippen molar-refractivity contribution in [3.05, 3.63) is 29.8 Å². The Kier molecular flexibility index (Phi) is 7.06. The third-order valence-electron chi connectivity index (χ3n) is 3.28. The normalized spacial score (nSPS) is 11.2. The number of hydrogen-bond donors (Lipinski definition) is 1. The van der Waals surface area contributed by atoms with Crippen LogP contribution in [0.4, 0.5) is 18.9 Å². The highest BCUT2D eigenvalue weighted by molar-refractivity contribution is 5.98. The Morgan fingerprint density at radius 2 is 1.83 bits per heavy atom. The van der Waals surface area contributed by atoms with Gasteiger partial charge in [-0.2, -0.15) is 13.2 Å². The highest BCUT2D eigenvalue weighted by Crippen LogP contribution is 2.36. The van der Waals surface area contributed by atoms with Crippen LogP contribution < -0.4 is 10.2 Å². The Bertz CT molecular complexity index is 544. The third-order valence-corrected chi connectivity index (χ3v) is 3.28. The standard InChI is InChI=1S/C16H21F3N2O2/c1-3-4-7-10-20-15(23)11-21(12(2)22)14-9-6-5-8-13(14)16(17,18)19/h5-6,8-9H,3-4,7,10-11H2,1-2H3,(H,20,23). The van der Waals surface area contributed by atoms with Crippen molar-refractivity contribution in [2.24, 2.45) is 0 Å². The molecule has 0 spiro atoms. The van der Waals surface area contributed by atoms with Crippen LogP contribution in [0, 0.1) is 0 Å². The minimum absolute atomic E-state index is 0.309. The highest BCUT2D eigenvalue weighted by Gasteiger charge is 2.35. The van der Waals surface area contributed by atoms with E-state index in [0.717, 1.165) is 37.2 Å². The molecule has 0 saturated heterocycles. The van der Waals surface area contributed by atoms with Crippen LogP contribution in [-0.2, 0) is 15.8 Å². The van der Waals surface area contributed by atoms with Crippen molar-refractivity contribution in [3.63, 3.8) is 0 Å². The van der Waals surface area contributed by atoms with Crippen LogP contribution in [0.15, 0.2) is 24.3 Å². The summed E-state index contributed by atoms with van der Waals surface area (Å²) in [6.07, 6.45) is -1.86. The number of benzene rings is 1. The maximum absolute atomic E-state index is 13.1. The molecule has 23 heavy (non-hydrogen) atoms. The molecular weight excluding hydrogens is 309 g/mol. The average molecular weight is 330 g/mol. The van der Waals surface area contributed by atoms with E-state index < -0.39 is 30.1 Å². The van der Waals surface area contributed by atoms with Crippen LogP contribution >= 0.6 is 0 Å². The minimum Gasteiger partial charge on any atom is -0.355 e. The number of anilines is 1. The molecule has 7 heteroatoms. The van der Waals surface area contributed by atoms with E-state index in [4.69, 9.17) is 0 Å². The summed E-state index contributed by atoms with van der Waals surface area (Å²) in [5.74, 6) is -1.10. The van der Waals surface area contributed by atoms with Gasteiger partial charge in [0.25, 0.3) is 0 Å². The molecule has 0 atom stereocenters. The second-order valence-corrected chi connectivity index (χ2v) is 5.18. The van der Waals surface area contributed by atoms with E-state index >= 15 is 0 Å². The van der Waals surface area contributed by atoms with Gasteiger partial charge in [-0.25, -0.2) is 0 Å². The summed E-state index contributed by atoms with van der Waals surface area (Å²) in [4.78, 5) is 24.4. The summed E-state index contributed by atoms with van der Waals surface area (Å²) in [6, 6.07) is 4.73. The molecule has 0 heterocycles. The van der Waals surface area contributed by atoms with Gasteiger partial charge in [0.05, 0.1) is 11.3 Å². The molecule has 1 N–H and O–H groups in total. The third kappa shape index (κ3) is 5.92. The maximum atomic E-state index is 13.1. The van der Waals surface area contributed by atoms with E-state index in [2.05, 4.69) is 5.32 Å². The Balaban J connectivity index is 2.88. The van der Waals surface area contributed by atoms with Crippen LogP contribution in [0.1, 0.15) is 38.7 Å². The summed E-state index contributed by atoms with van der Waals surface area (Å²) in [5.41, 5.74) is -1.25. The second-order valence-electron chi connectivity index (χ2n) is 5.18. The van der Waals surface area contributed by atoms with E-state index in [1.165, 1.54) is 18.2 Å². The molecule has 0 fully saturated rings. The first-order chi connectivity index (χ1) is 10.8. The van der Waals surface area contributed by atoms with E-state index in [1.807, 2.05) is 6.92 Å². The number of amides is 2. The fraction of sp³-hybridized carbons (Fsp3) is 0.500. The van der Waals surface area contributed by atoms with Gasteiger partial charge in [0.15, 0.2) is 0 Å². The fourth-order valence-electron chi connectivity index (χ4n) is 2.12. The van der Waals surface area contributed by atoms with E-state index in [9.17, 15) is 22.8 Å². The van der Waals surface area contributed by atoms with Gasteiger partial charge < -0.3 is 10.2 Å². The van der Waals surface area contributed by atoms with Crippen molar-refractivity contribution in [2.75, 3.05) is 18.0 Å². The van der Waals surface area contributed by atoms with Gasteiger partial charge in [0.2, 0.25) is 11.8 Å². The number of alkyl halides is 3. The smallest absolute Gasteiger partial charge is 0.355 e. The van der Waals surface area contributed by atoms with Crippen LogP contribution in [0.2, 0.25) is 0 Å². The minimum atomic E-state index is -4.60. The number of halogens is 3. The summed E-state index contributed by atoms with van der Waals surface area (Å²) < 4.78 is 39.2. The van der Waals surface area contributed by atoms with E-state index in [-0.39, 0.29) is 5.69 Å². The van der Waals surface area contributed by atoms with Gasteiger partial charge in [-0.05, 0) is 18.6 Å². The lowest BCUT2D eigenvalue weighted by Crippen LogP contribution is -2.41. The molecule has 4 nitrogen and oxygen atoms in total. The number of rotatable bonds is 7. The van der Waals surface area contributed by atoms with E-state index in [1.54, 1.807) is 0 Å². The van der Waals surface area contributed by atoms with Crippen molar-refractivity contribution in [1.29, 1.82) is 0 Å². The number of hydrogen-bond acceptors (Lipinski definition) is 2. The van der Waals surface area contributed by atoms with Gasteiger partial charge in [-0.1, -0.05) is 31.9 Å². The number of para-hydroxylation sites is 1. The number of nitrogens with one attached hydrogen (secondary N) is 1. The SMILES string of the molecule is CCCCCNC(=O)CN(C(C)=O)c1ccccc1C(F)(F)F. The maximum Gasteiger partial charge on any atom is 0.418 e. The van der Waals surface area contributed by atoms with Gasteiger partial charge in [0, 0.05) is 13.5 Å². The monoisotopic (exact) mass is 330 g/mol. The van der Waals surface area contributed by atoms with Crippen molar-refractivity contribution in [1.82, 2.24) is 5.32 Å². The Morgan fingerprint density at radius 3 is 2.39 bits per heavy atom. The summed E-state index contributed by atoms with van der Waals surface area (Å²) in [5, 5.41) is 2.62. The molecule has 1 aromatic carbocycles. The first-order valence-corrected chi connectivity index (χ1v) is 7.48. The van der Waals surface area contributed by atoms with Crippen molar-refractivity contribution in [3.8, 4) is 0 Å². The largest absolute Gasteiger partial charge is 0.418 e. The van der Waals surface area contributed by atoms with Crippen LogP contribution in [0.5, 0.6) is 0 Å². The first kappa shape index (κ1) is 19.0. The number of carbonyl (C=O) groups excluding carboxylic acids is 2. The summed E-state index contributed by atoms with van der Waals surface area (Å²) >= 11 is 0. The molecule has 0 aliphatic carbocycles. The van der Waals surface area contributed by atoms with Gasteiger partial charge in [-0.15, -0.1) is 0 Å². The van der Waals surface area contributed by atoms with Crippen LogP contribution in [0.25, 0.3) is 0 Å². The fourth-order valence-corrected chi connectivity index (χ4v) is 2.12. The zero-order chi connectivity index (χ0) is 17.5. The zero-order valence-corrected chi connectivity index (χ0v) is 13.2. The molecule has 0 unspecified atom stereocenters. The van der Waals surface area contributed by atoms with Gasteiger partial charge in [-0.3, -0.25) is 9.59 Å². The molecule has 0 radical (unpaired) electrons. The van der Waals surface area contributed by atoms with E-state index in [0.29, 0.717) is 6.54 Å². The Morgan fingerprint density at radius 1 is 1.17 bits per heavy atom. The molecular formula is C16H21F3N2O2. The molecule has 128 valence electrons. The lowest BCUT2D eigenvalue weighted by Gasteiger charge is -2.24. The van der Waals surface area contributed by atoms with Crippen molar-refractivity contribution in [2.45, 2.75) is 39.3 Å². The predicted octanol–water partition coefficient (Wildman–Crippen LogP) is 3.36. The van der Waals surface area contributed by atoms with Crippen LogP contribution in [0.3, 0.4) is 0 Å². The quantitative estimate of drug-likeness (QED) is 0.779. The zero-order valence-electron chi connectivity index (χ0n) is 13.2. The molecule has 1 aromatic rings. The number of nitrogens with zero attached hydrogens (tertiary/aromatic N) is 1. The Labute approximate surface area is 133 Å². The molecule has 0 aliphatic heterocycles. The number of carbonyl (C=O) groups is 2. The lowest BCUT2D eigenvalue weighted by molar-refractivity contribution is -0.137. The molecule has 0 bridgehead atoms. The molecule has 0 saturated carbocycles. The lowest BCUT2D eigenvalue weighted by atomic mass is 10.1. The second kappa shape index (κ2) is 8.55. The summed E-state index contributed by atoms with van der Waals surface area (Å²) in [6.45, 7) is 3.17. The van der Waals surface area contributed by atoms with Crippen LogP contribution in [-0.4, -0.2) is 24.9 Å². The Hall–Kier alpha value is -2.05. The molecule has 2 amide bonds. The van der Waals surface area contributed by atoms with Gasteiger partial charge in [0.1, 0.15) is 6.54 Å². The average Bonchev–Trinajstić information content (AvgIpc) is 2.48. The van der Waals surface area contributed by atoms with Crippen molar-refractivity contribution < 1.29 is 22.8 Å². The van der Waals surface area contributed by atoms with Crippen molar-refractivity contribution >= 4 is 17.5 Å². The predicted molar refractivity (Wildman–Crippen MR) is 82.0 cm³/mol. The molecule has 0 aliphatic rings. The number of unbranched alkanes of at least 4 members (excludes halogenated alkanes) is 2. The molecule has 1 rings (SSSR count). The molecule has 0 aromatic heterocycles. The highest BCUT2D eigenvalue weighted by atomic mass is 19.4. The summed E-state index contributed by atoms with van der Waals surface area (Å²) in [7, 11) is 0.